The van der Waals surface area contributed by atoms with Gasteiger partial charge in [-0.3, -0.25) is 4.79 Å². The van der Waals surface area contributed by atoms with Crippen LogP contribution in [0.5, 0.6) is 0 Å². The number of nitrogens with zero attached hydrogens (tertiary/aromatic N) is 1. The Bertz CT molecular complexity index is 247. The summed E-state index contributed by atoms with van der Waals surface area (Å²) in [5, 5.41) is 2.31. The van der Waals surface area contributed by atoms with Crippen LogP contribution in [0.3, 0.4) is 0 Å². The van der Waals surface area contributed by atoms with Crippen molar-refractivity contribution in [1.82, 2.24) is 10.2 Å². The van der Waals surface area contributed by atoms with E-state index in [0.29, 0.717) is 0 Å². The molecule has 0 saturated carbocycles. The molecule has 1 saturated heterocycles. The van der Waals surface area contributed by atoms with Crippen LogP contribution in [0.15, 0.2) is 0 Å². The molecule has 6 nitrogen and oxygen atoms in total. The molecule has 3 amide bonds. The first kappa shape index (κ1) is 9.50. The van der Waals surface area contributed by atoms with E-state index < -0.39 is 23.9 Å². The number of methoxy groups -OCH3 is 1. The molecule has 0 radical (unpaired) electrons. The molecule has 0 aliphatic carbocycles. The van der Waals surface area contributed by atoms with Gasteiger partial charge in [0.1, 0.15) is 6.04 Å². The lowest BCUT2D eigenvalue weighted by Crippen LogP contribution is -2.43. The van der Waals surface area contributed by atoms with E-state index in [-0.39, 0.29) is 6.54 Å². The summed E-state index contributed by atoms with van der Waals surface area (Å²) in [6.07, 6.45) is 0. The Morgan fingerprint density at radius 2 is 2.23 bits per heavy atom. The quantitative estimate of drug-likeness (QED) is 0.448. The molecule has 0 bridgehead atoms. The van der Waals surface area contributed by atoms with E-state index in [2.05, 4.69) is 10.1 Å². The van der Waals surface area contributed by atoms with Gasteiger partial charge in [0.05, 0.1) is 13.7 Å². The summed E-state index contributed by atoms with van der Waals surface area (Å²) in [6.45, 7) is 1.38. The third-order valence-electron chi connectivity index (χ3n) is 1.81. The van der Waals surface area contributed by atoms with Gasteiger partial charge in [0, 0.05) is 0 Å². The predicted molar refractivity (Wildman–Crippen MR) is 41.7 cm³/mol. The first-order valence-corrected chi connectivity index (χ1v) is 3.75. The van der Waals surface area contributed by atoms with E-state index in [4.69, 9.17) is 0 Å². The SMILES string of the molecule is COC(=O)[C@H](C)N1C(=O)CNC1=O. The zero-order valence-electron chi connectivity index (χ0n) is 7.36. The van der Waals surface area contributed by atoms with Gasteiger partial charge in [-0.05, 0) is 6.92 Å². The Morgan fingerprint density at radius 1 is 1.62 bits per heavy atom. The van der Waals surface area contributed by atoms with Crippen LogP contribution in [0, 0.1) is 0 Å². The number of rotatable bonds is 2. The standard InChI is InChI=1S/C7H10N2O4/c1-4(6(11)13-2)9-5(10)3-8-7(9)12/h4H,3H2,1-2H3,(H,8,12)/t4-/m0/s1. The fraction of sp³-hybridized carbons (Fsp3) is 0.571. The van der Waals surface area contributed by atoms with E-state index in [1.165, 1.54) is 14.0 Å². The summed E-state index contributed by atoms with van der Waals surface area (Å²) in [5.74, 6) is -1.02. The van der Waals surface area contributed by atoms with Gasteiger partial charge in [-0.25, -0.2) is 14.5 Å². The van der Waals surface area contributed by atoms with Crippen molar-refractivity contribution in [3.63, 3.8) is 0 Å². The van der Waals surface area contributed by atoms with Crippen molar-refractivity contribution in [2.24, 2.45) is 0 Å². The van der Waals surface area contributed by atoms with Gasteiger partial charge in [0.2, 0.25) is 0 Å². The Hall–Kier alpha value is -1.59. The fourth-order valence-corrected chi connectivity index (χ4v) is 1.10. The summed E-state index contributed by atoms with van der Waals surface area (Å²) in [6, 6.07) is -1.41. The van der Waals surface area contributed by atoms with Gasteiger partial charge >= 0.3 is 12.0 Å². The summed E-state index contributed by atoms with van der Waals surface area (Å²) in [7, 11) is 1.21. The maximum absolute atomic E-state index is 11.1. The lowest BCUT2D eigenvalue weighted by atomic mass is 10.3. The van der Waals surface area contributed by atoms with Crippen LogP contribution in [0.4, 0.5) is 4.79 Å². The molecule has 0 aromatic carbocycles. The smallest absolute Gasteiger partial charge is 0.328 e. The van der Waals surface area contributed by atoms with E-state index in [1.54, 1.807) is 0 Å². The average molecular weight is 186 g/mol. The number of ether oxygens (including phenoxy) is 1. The molecule has 1 N–H and O–H groups in total. The van der Waals surface area contributed by atoms with Crippen molar-refractivity contribution in [3.8, 4) is 0 Å². The van der Waals surface area contributed by atoms with Crippen molar-refractivity contribution in [2.45, 2.75) is 13.0 Å². The number of amides is 3. The van der Waals surface area contributed by atoms with Crippen molar-refractivity contribution < 1.29 is 19.1 Å². The molecule has 1 heterocycles. The number of hydrogen-bond acceptors (Lipinski definition) is 4. The molecule has 0 aromatic rings. The topological polar surface area (TPSA) is 75.7 Å². The maximum atomic E-state index is 11.1. The lowest BCUT2D eigenvalue weighted by molar-refractivity contribution is -0.148. The molecule has 0 aromatic heterocycles. The highest BCUT2D eigenvalue weighted by atomic mass is 16.5. The maximum Gasteiger partial charge on any atom is 0.328 e. The largest absolute Gasteiger partial charge is 0.467 e. The summed E-state index contributed by atoms with van der Waals surface area (Å²) in [4.78, 5) is 34.0. The zero-order chi connectivity index (χ0) is 10.0. The summed E-state index contributed by atoms with van der Waals surface area (Å²) < 4.78 is 4.41. The summed E-state index contributed by atoms with van der Waals surface area (Å²) >= 11 is 0. The number of urea groups is 1. The van der Waals surface area contributed by atoms with Crippen molar-refractivity contribution in [3.05, 3.63) is 0 Å². The second-order valence-electron chi connectivity index (χ2n) is 2.62. The molecule has 0 spiro atoms. The van der Waals surface area contributed by atoms with Crippen LogP contribution >= 0.6 is 0 Å². The molecule has 1 atom stereocenters. The van der Waals surface area contributed by atoms with Gasteiger partial charge in [-0.2, -0.15) is 0 Å². The predicted octanol–water partition coefficient (Wildman–Crippen LogP) is -0.900. The number of carbonyl (C=O) groups is 3. The van der Waals surface area contributed by atoms with Crippen molar-refractivity contribution in [2.75, 3.05) is 13.7 Å². The highest BCUT2D eigenvalue weighted by Gasteiger charge is 2.36. The van der Waals surface area contributed by atoms with Crippen LogP contribution in [0.25, 0.3) is 0 Å². The molecule has 1 rings (SSSR count). The second kappa shape index (κ2) is 3.42. The normalized spacial score (nSPS) is 18.5. The fourth-order valence-electron chi connectivity index (χ4n) is 1.10. The van der Waals surface area contributed by atoms with E-state index >= 15 is 0 Å². The first-order valence-electron chi connectivity index (χ1n) is 3.75. The van der Waals surface area contributed by atoms with Gasteiger partial charge in [0.15, 0.2) is 0 Å². The molecule has 72 valence electrons. The van der Waals surface area contributed by atoms with E-state index in [9.17, 15) is 14.4 Å². The molecular weight excluding hydrogens is 176 g/mol. The minimum absolute atomic E-state index is 0.0554. The van der Waals surface area contributed by atoms with Gasteiger partial charge < -0.3 is 10.1 Å². The highest BCUT2D eigenvalue weighted by molar-refractivity contribution is 6.04. The van der Waals surface area contributed by atoms with E-state index in [1.807, 2.05) is 0 Å². The van der Waals surface area contributed by atoms with Gasteiger partial charge in [-0.15, -0.1) is 0 Å². The number of carbonyl (C=O) groups excluding carboxylic acids is 3. The number of nitrogens with one attached hydrogen (secondary N) is 1. The van der Waals surface area contributed by atoms with Crippen LogP contribution in [0.1, 0.15) is 6.92 Å². The van der Waals surface area contributed by atoms with Crippen LogP contribution < -0.4 is 5.32 Å². The average Bonchev–Trinajstić information content (AvgIpc) is 2.44. The molecule has 1 aliphatic heterocycles. The monoisotopic (exact) mass is 186 g/mol. The molecule has 0 unspecified atom stereocenters. The molecule has 13 heavy (non-hydrogen) atoms. The Morgan fingerprint density at radius 3 is 2.62 bits per heavy atom. The van der Waals surface area contributed by atoms with Crippen LogP contribution in [-0.2, 0) is 14.3 Å². The number of imide groups is 1. The third-order valence-corrected chi connectivity index (χ3v) is 1.81. The Balaban J connectivity index is 2.75. The number of esters is 1. The third kappa shape index (κ3) is 1.61. The molecule has 6 heteroatoms. The lowest BCUT2D eigenvalue weighted by Gasteiger charge is -2.18. The van der Waals surface area contributed by atoms with Crippen molar-refractivity contribution in [1.29, 1.82) is 0 Å². The van der Waals surface area contributed by atoms with Crippen LogP contribution in [0.2, 0.25) is 0 Å². The van der Waals surface area contributed by atoms with Gasteiger partial charge in [-0.1, -0.05) is 0 Å². The van der Waals surface area contributed by atoms with Crippen LogP contribution in [-0.4, -0.2) is 42.5 Å². The first-order chi connectivity index (χ1) is 6.07. The minimum Gasteiger partial charge on any atom is -0.467 e. The number of hydrogen-bond donors (Lipinski definition) is 1. The Labute approximate surface area is 74.8 Å². The zero-order valence-corrected chi connectivity index (χ0v) is 7.36. The second-order valence-corrected chi connectivity index (χ2v) is 2.62. The van der Waals surface area contributed by atoms with Gasteiger partial charge in [0.25, 0.3) is 5.91 Å². The highest BCUT2D eigenvalue weighted by Crippen LogP contribution is 2.06. The summed E-state index contributed by atoms with van der Waals surface area (Å²) in [5.41, 5.74) is 0. The minimum atomic E-state index is -0.861. The van der Waals surface area contributed by atoms with Crippen molar-refractivity contribution >= 4 is 17.9 Å². The van der Waals surface area contributed by atoms with E-state index in [0.717, 1.165) is 4.90 Å². The Kier molecular flexibility index (Phi) is 2.50. The molecule has 1 aliphatic rings. The molecule has 1 fully saturated rings. The molecular formula is C7H10N2O4.